The Morgan fingerprint density at radius 2 is 1.68 bits per heavy atom. The first-order chi connectivity index (χ1) is 13.4. The van der Waals surface area contributed by atoms with E-state index in [9.17, 15) is 10.1 Å². The van der Waals surface area contributed by atoms with Crippen molar-refractivity contribution in [3.63, 3.8) is 0 Å². The molecule has 142 valence electrons. The summed E-state index contributed by atoms with van der Waals surface area (Å²) in [5, 5.41) is 17.7. The zero-order valence-corrected chi connectivity index (χ0v) is 16.6. The van der Waals surface area contributed by atoms with Crippen molar-refractivity contribution in [1.82, 2.24) is 5.32 Å². The van der Waals surface area contributed by atoms with Crippen LogP contribution in [0.5, 0.6) is 0 Å². The van der Waals surface area contributed by atoms with Gasteiger partial charge in [-0.05, 0) is 41.9 Å². The van der Waals surface area contributed by atoms with Gasteiger partial charge >= 0.3 is 0 Å². The minimum absolute atomic E-state index is 0.0534. The van der Waals surface area contributed by atoms with Gasteiger partial charge in [0.25, 0.3) is 5.69 Å². The Kier molecular flexibility index (Phi) is 6.23. The molecule has 3 aromatic carbocycles. The minimum Gasteiger partial charge on any atom is -0.356 e. The van der Waals surface area contributed by atoms with E-state index >= 15 is 0 Å². The van der Waals surface area contributed by atoms with Crippen LogP contribution in [0.3, 0.4) is 0 Å². The SMILES string of the molecule is C[C@@H](NC(=S)Nc1cc([N+](=O)[O-])ccc1Cl)c1ccc(-c2ccccc2)cc1. The third-order valence-electron chi connectivity index (χ3n) is 4.27. The molecule has 0 aromatic heterocycles. The van der Waals surface area contributed by atoms with Crippen LogP contribution in [-0.4, -0.2) is 10.0 Å². The highest BCUT2D eigenvalue weighted by Gasteiger charge is 2.12. The number of non-ortho nitro benzene ring substituents is 1. The first kappa shape index (κ1) is 19.8. The maximum absolute atomic E-state index is 10.9. The lowest BCUT2D eigenvalue weighted by Gasteiger charge is -2.18. The van der Waals surface area contributed by atoms with Gasteiger partial charge in [-0.25, -0.2) is 0 Å². The number of thiocarbonyl (C=S) groups is 1. The Labute approximate surface area is 173 Å². The summed E-state index contributed by atoms with van der Waals surface area (Å²) in [5.41, 5.74) is 3.70. The molecule has 3 rings (SSSR count). The van der Waals surface area contributed by atoms with Gasteiger partial charge in [0, 0.05) is 12.1 Å². The quantitative estimate of drug-likeness (QED) is 0.308. The fraction of sp³-hybridized carbons (Fsp3) is 0.0952. The van der Waals surface area contributed by atoms with Crippen molar-refractivity contribution >= 4 is 40.3 Å². The van der Waals surface area contributed by atoms with Crippen LogP contribution >= 0.6 is 23.8 Å². The van der Waals surface area contributed by atoms with Crippen LogP contribution in [0, 0.1) is 10.1 Å². The third-order valence-corrected chi connectivity index (χ3v) is 4.82. The van der Waals surface area contributed by atoms with Crippen molar-refractivity contribution < 1.29 is 4.92 Å². The Morgan fingerprint density at radius 3 is 2.32 bits per heavy atom. The van der Waals surface area contributed by atoms with E-state index in [-0.39, 0.29) is 11.7 Å². The number of nitro groups is 1. The van der Waals surface area contributed by atoms with Crippen LogP contribution in [0.25, 0.3) is 11.1 Å². The van der Waals surface area contributed by atoms with Gasteiger partial charge in [-0.2, -0.15) is 0 Å². The topological polar surface area (TPSA) is 67.2 Å². The Bertz CT molecular complexity index is 994. The highest BCUT2D eigenvalue weighted by molar-refractivity contribution is 7.80. The van der Waals surface area contributed by atoms with Crippen molar-refractivity contribution in [1.29, 1.82) is 0 Å². The smallest absolute Gasteiger partial charge is 0.271 e. The number of nitrogens with one attached hydrogen (secondary N) is 2. The van der Waals surface area contributed by atoms with Crippen molar-refractivity contribution in [3.8, 4) is 11.1 Å². The molecule has 0 saturated carbocycles. The van der Waals surface area contributed by atoms with E-state index in [2.05, 4.69) is 34.9 Å². The molecular weight excluding hydrogens is 394 g/mol. The number of rotatable bonds is 5. The molecule has 0 bridgehead atoms. The van der Waals surface area contributed by atoms with Gasteiger partial charge in [0.05, 0.1) is 21.7 Å². The summed E-state index contributed by atoms with van der Waals surface area (Å²) in [4.78, 5) is 10.5. The first-order valence-electron chi connectivity index (χ1n) is 8.61. The Balaban J connectivity index is 1.66. The largest absolute Gasteiger partial charge is 0.356 e. The van der Waals surface area contributed by atoms with Crippen LogP contribution in [-0.2, 0) is 0 Å². The molecule has 0 heterocycles. The highest BCUT2D eigenvalue weighted by Crippen LogP contribution is 2.27. The molecule has 0 saturated heterocycles. The average Bonchev–Trinajstić information content (AvgIpc) is 2.70. The number of nitro benzene ring substituents is 1. The van der Waals surface area contributed by atoms with Gasteiger partial charge in [-0.15, -0.1) is 0 Å². The van der Waals surface area contributed by atoms with Gasteiger partial charge < -0.3 is 10.6 Å². The number of benzene rings is 3. The van der Waals surface area contributed by atoms with E-state index in [4.69, 9.17) is 23.8 Å². The summed E-state index contributed by atoms with van der Waals surface area (Å²) >= 11 is 11.4. The van der Waals surface area contributed by atoms with Gasteiger partial charge in [0.2, 0.25) is 0 Å². The highest BCUT2D eigenvalue weighted by atomic mass is 35.5. The standard InChI is InChI=1S/C21H18ClN3O2S/c1-14(15-7-9-17(10-8-15)16-5-3-2-4-6-16)23-21(28)24-20-13-18(25(26)27)11-12-19(20)22/h2-14H,1H3,(H2,23,24,28)/t14-/m1/s1. The fourth-order valence-corrected chi connectivity index (χ4v) is 3.21. The predicted molar refractivity (Wildman–Crippen MR) is 118 cm³/mol. The van der Waals surface area contributed by atoms with E-state index in [0.29, 0.717) is 15.8 Å². The molecule has 2 N–H and O–H groups in total. The van der Waals surface area contributed by atoms with E-state index in [1.54, 1.807) is 0 Å². The summed E-state index contributed by atoms with van der Waals surface area (Å²) in [6.45, 7) is 1.99. The van der Waals surface area contributed by atoms with Crippen LogP contribution < -0.4 is 10.6 Å². The maximum Gasteiger partial charge on any atom is 0.271 e. The number of halogens is 1. The van der Waals surface area contributed by atoms with Crippen molar-refractivity contribution in [2.75, 3.05) is 5.32 Å². The fourth-order valence-electron chi connectivity index (χ4n) is 2.76. The number of anilines is 1. The number of nitrogens with zero attached hydrogens (tertiary/aromatic N) is 1. The maximum atomic E-state index is 10.9. The zero-order chi connectivity index (χ0) is 20.1. The molecule has 28 heavy (non-hydrogen) atoms. The molecule has 0 aliphatic rings. The third kappa shape index (κ3) is 4.85. The second-order valence-corrected chi connectivity index (χ2v) is 7.04. The normalized spacial score (nSPS) is 11.5. The van der Waals surface area contributed by atoms with Crippen LogP contribution in [0.1, 0.15) is 18.5 Å². The van der Waals surface area contributed by atoms with Gasteiger partial charge in [-0.1, -0.05) is 66.2 Å². The molecular formula is C21H18ClN3O2S. The van der Waals surface area contributed by atoms with Crippen molar-refractivity contribution in [3.05, 3.63) is 93.5 Å². The molecule has 0 spiro atoms. The molecule has 1 atom stereocenters. The molecule has 0 unspecified atom stereocenters. The van der Waals surface area contributed by atoms with Gasteiger partial charge in [-0.3, -0.25) is 10.1 Å². The predicted octanol–water partition coefficient (Wildman–Crippen LogP) is 5.96. The summed E-state index contributed by atoms with van der Waals surface area (Å²) < 4.78 is 0. The lowest BCUT2D eigenvalue weighted by Crippen LogP contribution is -2.31. The average molecular weight is 412 g/mol. The van der Waals surface area contributed by atoms with Crippen LogP contribution in [0.4, 0.5) is 11.4 Å². The molecule has 5 nitrogen and oxygen atoms in total. The molecule has 3 aromatic rings. The van der Waals surface area contributed by atoms with Crippen molar-refractivity contribution in [2.24, 2.45) is 0 Å². The zero-order valence-electron chi connectivity index (χ0n) is 15.1. The van der Waals surface area contributed by atoms with E-state index in [1.807, 2.05) is 37.3 Å². The molecule has 0 aliphatic heterocycles. The number of hydrogen-bond acceptors (Lipinski definition) is 3. The molecule has 0 aliphatic carbocycles. The van der Waals surface area contributed by atoms with Gasteiger partial charge in [0.1, 0.15) is 0 Å². The number of hydrogen-bond donors (Lipinski definition) is 2. The minimum atomic E-state index is -0.477. The summed E-state index contributed by atoms with van der Waals surface area (Å²) in [7, 11) is 0. The lowest BCUT2D eigenvalue weighted by molar-refractivity contribution is -0.384. The second-order valence-electron chi connectivity index (χ2n) is 6.23. The molecule has 0 fully saturated rings. The van der Waals surface area contributed by atoms with Crippen molar-refractivity contribution in [2.45, 2.75) is 13.0 Å². The monoisotopic (exact) mass is 411 g/mol. The van der Waals surface area contributed by atoms with E-state index in [1.165, 1.54) is 18.2 Å². The molecule has 7 heteroatoms. The Morgan fingerprint density at radius 1 is 1.04 bits per heavy atom. The first-order valence-corrected chi connectivity index (χ1v) is 9.39. The summed E-state index contributed by atoms with van der Waals surface area (Å²) in [6.07, 6.45) is 0. The van der Waals surface area contributed by atoms with E-state index in [0.717, 1.165) is 16.7 Å². The second kappa shape index (κ2) is 8.82. The lowest BCUT2D eigenvalue weighted by atomic mass is 10.0. The molecule has 0 amide bonds. The van der Waals surface area contributed by atoms with E-state index < -0.39 is 4.92 Å². The Hall–Kier alpha value is -2.96. The van der Waals surface area contributed by atoms with Gasteiger partial charge in [0.15, 0.2) is 5.11 Å². The molecule has 0 radical (unpaired) electrons. The van der Waals surface area contributed by atoms with Crippen LogP contribution in [0.2, 0.25) is 5.02 Å². The van der Waals surface area contributed by atoms with Crippen LogP contribution in [0.15, 0.2) is 72.8 Å². The summed E-state index contributed by atoms with van der Waals surface area (Å²) in [5.74, 6) is 0. The summed E-state index contributed by atoms with van der Waals surface area (Å²) in [6, 6.07) is 22.5.